The van der Waals surface area contributed by atoms with Crippen molar-refractivity contribution in [3.63, 3.8) is 0 Å². The molecule has 0 amide bonds. The van der Waals surface area contributed by atoms with Gasteiger partial charge in [-0.25, -0.2) is 4.39 Å². The highest BCUT2D eigenvalue weighted by atomic mass is 19.1. The lowest BCUT2D eigenvalue weighted by atomic mass is 9.80. The number of benzene rings is 2. The molecule has 3 nitrogen and oxygen atoms in total. The zero-order chi connectivity index (χ0) is 18.7. The van der Waals surface area contributed by atoms with E-state index in [1.807, 2.05) is 44.4 Å². The Balaban J connectivity index is 2.05. The Kier molecular flexibility index (Phi) is 5.44. The predicted molar refractivity (Wildman–Crippen MR) is 103 cm³/mol. The fourth-order valence-corrected chi connectivity index (χ4v) is 3.90. The molecule has 0 saturated heterocycles. The van der Waals surface area contributed by atoms with E-state index in [9.17, 15) is 9.50 Å². The highest BCUT2D eigenvalue weighted by Gasteiger charge is 2.46. The van der Waals surface area contributed by atoms with Crippen molar-refractivity contribution in [3.8, 4) is 5.75 Å². The molecule has 2 unspecified atom stereocenters. The third kappa shape index (κ3) is 3.67. The molecule has 26 heavy (non-hydrogen) atoms. The van der Waals surface area contributed by atoms with Crippen LogP contribution in [0.2, 0.25) is 0 Å². The maximum atomic E-state index is 13.4. The lowest BCUT2D eigenvalue weighted by Gasteiger charge is -2.34. The van der Waals surface area contributed by atoms with Gasteiger partial charge in [0.1, 0.15) is 17.2 Å². The monoisotopic (exact) mass is 355 g/mol. The van der Waals surface area contributed by atoms with Gasteiger partial charge in [-0.3, -0.25) is 0 Å². The Bertz CT molecular complexity index is 785. The molecule has 1 N–H and O–H groups in total. The molecule has 1 fully saturated rings. The largest absolute Gasteiger partial charge is 0.497 e. The van der Waals surface area contributed by atoms with Gasteiger partial charge in [0.15, 0.2) is 0 Å². The minimum Gasteiger partial charge on any atom is -0.497 e. The van der Waals surface area contributed by atoms with Gasteiger partial charge >= 0.3 is 0 Å². The zero-order valence-electron chi connectivity index (χ0n) is 15.6. The quantitative estimate of drug-likeness (QED) is 0.877. The first-order valence-corrected chi connectivity index (χ1v) is 8.91. The molecule has 0 aliphatic heterocycles. The molecule has 0 radical (unpaired) electrons. The van der Waals surface area contributed by atoms with E-state index < -0.39 is 5.60 Å². The second-order valence-electron chi connectivity index (χ2n) is 7.22. The second-order valence-corrected chi connectivity index (χ2v) is 7.22. The van der Waals surface area contributed by atoms with Crippen molar-refractivity contribution in [1.82, 2.24) is 4.90 Å². The summed E-state index contributed by atoms with van der Waals surface area (Å²) < 4.78 is 18.7. The number of hydrogen-bond acceptors (Lipinski definition) is 3. The summed E-state index contributed by atoms with van der Waals surface area (Å²) >= 11 is 0. The molecule has 2 aromatic rings. The van der Waals surface area contributed by atoms with Crippen LogP contribution in [0.4, 0.5) is 4.39 Å². The molecule has 1 aliphatic rings. The summed E-state index contributed by atoms with van der Waals surface area (Å²) in [6.45, 7) is 0.767. The number of ether oxygens (including phenoxy) is 1. The Morgan fingerprint density at radius 1 is 1.23 bits per heavy atom. The van der Waals surface area contributed by atoms with Crippen LogP contribution < -0.4 is 4.74 Å². The van der Waals surface area contributed by atoms with Gasteiger partial charge in [-0.1, -0.05) is 30.3 Å². The molecule has 0 spiro atoms. The van der Waals surface area contributed by atoms with Crippen molar-refractivity contribution in [3.05, 3.63) is 71.0 Å². The van der Waals surface area contributed by atoms with Crippen LogP contribution in [0.15, 0.2) is 54.1 Å². The minimum absolute atomic E-state index is 0.0554. The number of halogens is 1. The van der Waals surface area contributed by atoms with E-state index in [1.54, 1.807) is 19.2 Å². The third-order valence-corrected chi connectivity index (χ3v) is 5.15. The molecule has 138 valence electrons. The Hall–Kier alpha value is -2.17. The van der Waals surface area contributed by atoms with Gasteiger partial charge in [0.25, 0.3) is 0 Å². The SMILES string of the molecule is COc1cccc(/C=C2\CCC(CN(C)C)C2(O)c2ccc(F)cc2)c1. The topological polar surface area (TPSA) is 32.7 Å². The third-order valence-electron chi connectivity index (χ3n) is 5.15. The molecule has 4 heteroatoms. The van der Waals surface area contributed by atoms with E-state index in [-0.39, 0.29) is 11.7 Å². The summed E-state index contributed by atoms with van der Waals surface area (Å²) in [5.74, 6) is 0.546. The summed E-state index contributed by atoms with van der Waals surface area (Å²) in [6.07, 6.45) is 3.74. The van der Waals surface area contributed by atoms with E-state index in [0.29, 0.717) is 0 Å². The molecule has 2 aromatic carbocycles. The van der Waals surface area contributed by atoms with Crippen molar-refractivity contribution < 1.29 is 14.2 Å². The van der Waals surface area contributed by atoms with Crippen LogP contribution >= 0.6 is 0 Å². The standard InChI is InChI=1S/C22H26FNO2/c1-24(2)15-19-8-7-18(13-16-5-4-6-21(14-16)26-3)22(19,25)17-9-11-20(23)12-10-17/h4-6,9-14,19,25H,7-8,15H2,1-3H3/b18-13+. The first kappa shape index (κ1) is 18.6. The molecule has 1 aliphatic carbocycles. The normalized spacial score (nSPS) is 24.4. The molecule has 0 bridgehead atoms. The van der Waals surface area contributed by atoms with E-state index in [2.05, 4.69) is 4.90 Å². The van der Waals surface area contributed by atoms with Gasteiger partial charge in [-0.15, -0.1) is 0 Å². The van der Waals surface area contributed by atoms with Gasteiger partial charge in [0, 0.05) is 12.5 Å². The Labute approximate surface area is 154 Å². The summed E-state index contributed by atoms with van der Waals surface area (Å²) in [4.78, 5) is 2.09. The molecule has 1 saturated carbocycles. The number of rotatable bonds is 5. The van der Waals surface area contributed by atoms with Crippen LogP contribution in [0.5, 0.6) is 5.75 Å². The average molecular weight is 355 g/mol. The van der Waals surface area contributed by atoms with E-state index in [4.69, 9.17) is 4.74 Å². The van der Waals surface area contributed by atoms with Crippen LogP contribution in [0.1, 0.15) is 24.0 Å². The van der Waals surface area contributed by atoms with E-state index >= 15 is 0 Å². The lowest BCUT2D eigenvalue weighted by Crippen LogP contribution is -2.37. The zero-order valence-corrected chi connectivity index (χ0v) is 15.6. The van der Waals surface area contributed by atoms with Gasteiger partial charge < -0.3 is 14.7 Å². The van der Waals surface area contributed by atoms with Gasteiger partial charge in [-0.05, 0) is 67.9 Å². The van der Waals surface area contributed by atoms with Crippen LogP contribution in [-0.4, -0.2) is 37.8 Å². The van der Waals surface area contributed by atoms with Crippen molar-refractivity contribution in [2.24, 2.45) is 5.92 Å². The molecular formula is C22H26FNO2. The van der Waals surface area contributed by atoms with Crippen LogP contribution in [0, 0.1) is 11.7 Å². The molecule has 0 aromatic heterocycles. The smallest absolute Gasteiger partial charge is 0.123 e. The first-order chi connectivity index (χ1) is 12.4. The number of hydrogen-bond donors (Lipinski definition) is 1. The summed E-state index contributed by atoms with van der Waals surface area (Å²) in [5, 5.41) is 11.8. The van der Waals surface area contributed by atoms with Gasteiger partial charge in [-0.2, -0.15) is 0 Å². The van der Waals surface area contributed by atoms with Crippen molar-refractivity contribution in [2.75, 3.05) is 27.7 Å². The van der Waals surface area contributed by atoms with Crippen molar-refractivity contribution >= 4 is 6.08 Å². The number of nitrogens with zero attached hydrogens (tertiary/aromatic N) is 1. The summed E-state index contributed by atoms with van der Waals surface area (Å²) in [7, 11) is 5.66. The molecular weight excluding hydrogens is 329 g/mol. The van der Waals surface area contributed by atoms with Crippen LogP contribution in [0.3, 0.4) is 0 Å². The number of methoxy groups -OCH3 is 1. The van der Waals surface area contributed by atoms with E-state index in [1.165, 1.54) is 12.1 Å². The Morgan fingerprint density at radius 2 is 1.96 bits per heavy atom. The lowest BCUT2D eigenvalue weighted by molar-refractivity contribution is 0.0216. The molecule has 3 rings (SSSR count). The average Bonchev–Trinajstić information content (AvgIpc) is 2.92. The van der Waals surface area contributed by atoms with Crippen molar-refractivity contribution in [2.45, 2.75) is 18.4 Å². The second kappa shape index (κ2) is 7.60. The number of aliphatic hydroxyl groups is 1. The summed E-state index contributed by atoms with van der Waals surface area (Å²) in [5.41, 5.74) is 1.60. The molecule has 0 heterocycles. The Morgan fingerprint density at radius 3 is 2.62 bits per heavy atom. The fraction of sp³-hybridized carbons (Fsp3) is 0.364. The fourth-order valence-electron chi connectivity index (χ4n) is 3.90. The predicted octanol–water partition coefficient (Wildman–Crippen LogP) is 4.08. The summed E-state index contributed by atoms with van der Waals surface area (Å²) in [6, 6.07) is 14.0. The molecule has 2 atom stereocenters. The van der Waals surface area contributed by atoms with E-state index in [0.717, 1.165) is 41.8 Å². The highest BCUT2D eigenvalue weighted by molar-refractivity contribution is 5.59. The minimum atomic E-state index is -1.10. The van der Waals surface area contributed by atoms with Crippen LogP contribution in [-0.2, 0) is 5.60 Å². The maximum absolute atomic E-state index is 13.4. The highest BCUT2D eigenvalue weighted by Crippen LogP contribution is 2.48. The van der Waals surface area contributed by atoms with Gasteiger partial charge in [0.2, 0.25) is 0 Å². The van der Waals surface area contributed by atoms with Crippen LogP contribution in [0.25, 0.3) is 6.08 Å². The van der Waals surface area contributed by atoms with Crippen molar-refractivity contribution in [1.29, 1.82) is 0 Å². The maximum Gasteiger partial charge on any atom is 0.123 e. The first-order valence-electron chi connectivity index (χ1n) is 8.91. The van der Waals surface area contributed by atoms with Gasteiger partial charge in [0.05, 0.1) is 7.11 Å².